The molecule has 4 atom stereocenters. The summed E-state index contributed by atoms with van der Waals surface area (Å²) in [5.74, 6) is 5.78. The molecule has 0 spiro atoms. The van der Waals surface area contributed by atoms with Crippen molar-refractivity contribution in [1.29, 1.82) is 0 Å². The van der Waals surface area contributed by atoms with Crippen LogP contribution in [-0.2, 0) is 19.1 Å². The summed E-state index contributed by atoms with van der Waals surface area (Å²) in [7, 11) is 0. The largest absolute Gasteiger partial charge is 0.465 e. The first-order valence-corrected chi connectivity index (χ1v) is 19.2. The highest BCUT2D eigenvalue weighted by Gasteiger charge is 2.75. The minimum atomic E-state index is -0.208. The van der Waals surface area contributed by atoms with Crippen molar-refractivity contribution >= 4 is 11.9 Å². The maximum atomic E-state index is 14.0. The number of ether oxygens (including phenoxy) is 2. The Balaban J connectivity index is 1.07. The zero-order valence-electron chi connectivity index (χ0n) is 28.4. The van der Waals surface area contributed by atoms with Gasteiger partial charge in [-0.2, -0.15) is 0 Å². The first-order valence-electron chi connectivity index (χ1n) is 19.2. The number of hydrogen-bond acceptors (Lipinski definition) is 4. The minimum Gasteiger partial charge on any atom is -0.465 e. The van der Waals surface area contributed by atoms with Gasteiger partial charge in [0.2, 0.25) is 0 Å². The van der Waals surface area contributed by atoms with Gasteiger partial charge in [-0.25, -0.2) is 0 Å². The zero-order valence-corrected chi connectivity index (χ0v) is 28.4. The summed E-state index contributed by atoms with van der Waals surface area (Å²) in [6.07, 6.45) is 23.6. The highest BCUT2D eigenvalue weighted by Crippen LogP contribution is 2.83. The molecule has 12 bridgehead atoms. The van der Waals surface area contributed by atoms with Crippen LogP contribution in [0, 0.1) is 79.8 Å². The van der Waals surface area contributed by atoms with Gasteiger partial charge in [-0.3, -0.25) is 9.59 Å². The van der Waals surface area contributed by atoms with E-state index < -0.39 is 0 Å². The van der Waals surface area contributed by atoms with Crippen LogP contribution in [0.5, 0.6) is 0 Å². The molecule has 12 rings (SSSR count). The summed E-state index contributed by atoms with van der Waals surface area (Å²) in [5.41, 5.74) is 1.08. The molecule has 4 nitrogen and oxygen atoms in total. The smallest absolute Gasteiger partial charge is 0.312 e. The average Bonchev–Trinajstić information content (AvgIpc) is 2.92. The highest BCUT2D eigenvalue weighted by atomic mass is 16.5. The number of carbonyl (C=O) groups is 2. The van der Waals surface area contributed by atoms with E-state index in [1.165, 1.54) is 77.0 Å². The molecular formula is C40H60O4. The van der Waals surface area contributed by atoms with Gasteiger partial charge in [-0.1, -0.05) is 27.7 Å². The molecule has 0 N–H and O–H groups in total. The van der Waals surface area contributed by atoms with Gasteiger partial charge < -0.3 is 9.47 Å². The predicted octanol–water partition coefficient (Wildman–Crippen LogP) is 9.14. The van der Waals surface area contributed by atoms with Crippen LogP contribution in [0.1, 0.15) is 143 Å². The second kappa shape index (κ2) is 9.30. The molecule has 12 aliphatic rings. The van der Waals surface area contributed by atoms with Crippen molar-refractivity contribution in [3.05, 3.63) is 0 Å². The van der Waals surface area contributed by atoms with Crippen LogP contribution in [-0.4, -0.2) is 25.2 Å². The fourth-order valence-corrected chi connectivity index (χ4v) is 16.5. The van der Waals surface area contributed by atoms with Gasteiger partial charge in [0.25, 0.3) is 0 Å². The highest BCUT2D eigenvalue weighted by molar-refractivity contribution is 5.78. The molecule has 0 aromatic heterocycles. The maximum absolute atomic E-state index is 14.0. The van der Waals surface area contributed by atoms with Crippen LogP contribution in [0.2, 0.25) is 0 Å². The summed E-state index contributed by atoms with van der Waals surface area (Å²) in [6.45, 7) is 9.83. The third-order valence-electron chi connectivity index (χ3n) is 16.4. The van der Waals surface area contributed by atoms with Crippen LogP contribution in [0.25, 0.3) is 0 Å². The van der Waals surface area contributed by atoms with Gasteiger partial charge in [0.1, 0.15) is 0 Å². The summed E-state index contributed by atoms with van der Waals surface area (Å²) < 4.78 is 12.2. The molecule has 0 heterocycles. The second-order valence-electron chi connectivity index (χ2n) is 20.5. The predicted molar refractivity (Wildman–Crippen MR) is 170 cm³/mol. The topological polar surface area (TPSA) is 52.6 Å². The van der Waals surface area contributed by atoms with Gasteiger partial charge in [0, 0.05) is 0 Å². The van der Waals surface area contributed by atoms with Gasteiger partial charge in [0.05, 0.1) is 24.0 Å². The lowest BCUT2D eigenvalue weighted by atomic mass is 9.27. The molecule has 12 aliphatic carbocycles. The lowest BCUT2D eigenvalue weighted by Gasteiger charge is -2.77. The fraction of sp³-hybridized carbons (Fsp3) is 0.950. The van der Waals surface area contributed by atoms with Crippen molar-refractivity contribution in [2.24, 2.45) is 79.8 Å². The molecular weight excluding hydrogens is 544 g/mol. The second-order valence-corrected chi connectivity index (χ2v) is 20.5. The lowest BCUT2D eigenvalue weighted by Crippen LogP contribution is -2.69. The Bertz CT molecular complexity index is 1100. The van der Waals surface area contributed by atoms with Crippen molar-refractivity contribution in [1.82, 2.24) is 0 Å². The molecule has 4 heteroatoms. The van der Waals surface area contributed by atoms with Crippen molar-refractivity contribution in [3.8, 4) is 0 Å². The van der Waals surface area contributed by atoms with Crippen molar-refractivity contribution in [3.63, 3.8) is 0 Å². The molecule has 0 aliphatic heterocycles. The van der Waals surface area contributed by atoms with Crippen molar-refractivity contribution in [2.75, 3.05) is 13.2 Å². The standard InChI is InChI=1S/C40H60O4/c1-25(2)20-43-33(41)35-8-27-5-28(9-35)13-37(12-27,22-35)39-16-31-7-32(17-39)19-40(18-31,24-39)38-14-29-6-30(15-38)11-36(10-29,23-38)34(42)44-21-26(3)4/h25-32H,5-24H2,1-4H3. The van der Waals surface area contributed by atoms with Gasteiger partial charge >= 0.3 is 11.9 Å². The van der Waals surface area contributed by atoms with E-state index in [1.54, 1.807) is 0 Å². The van der Waals surface area contributed by atoms with Crippen molar-refractivity contribution in [2.45, 2.75) is 143 Å². The van der Waals surface area contributed by atoms with E-state index >= 15 is 0 Å². The molecule has 44 heavy (non-hydrogen) atoms. The first-order chi connectivity index (χ1) is 20.9. The molecule has 4 unspecified atom stereocenters. The molecule has 12 saturated carbocycles. The summed E-state index contributed by atoms with van der Waals surface area (Å²) in [6, 6.07) is 0. The van der Waals surface area contributed by atoms with E-state index in [1.807, 2.05) is 0 Å². The Morgan fingerprint density at radius 2 is 0.750 bits per heavy atom. The van der Waals surface area contributed by atoms with E-state index in [2.05, 4.69) is 27.7 Å². The number of carbonyl (C=O) groups excluding carboxylic acids is 2. The van der Waals surface area contributed by atoms with Gasteiger partial charge in [-0.15, -0.1) is 0 Å². The normalized spacial score (nSPS) is 54.0. The molecule has 0 saturated heterocycles. The Morgan fingerprint density at radius 1 is 0.477 bits per heavy atom. The fourth-order valence-electron chi connectivity index (χ4n) is 16.5. The van der Waals surface area contributed by atoms with Crippen LogP contribution >= 0.6 is 0 Å². The monoisotopic (exact) mass is 604 g/mol. The quantitative estimate of drug-likeness (QED) is 0.259. The van der Waals surface area contributed by atoms with E-state index in [9.17, 15) is 9.59 Å². The third-order valence-corrected chi connectivity index (χ3v) is 16.4. The van der Waals surface area contributed by atoms with E-state index in [0.717, 1.165) is 74.0 Å². The summed E-state index contributed by atoms with van der Waals surface area (Å²) in [5, 5.41) is 0. The van der Waals surface area contributed by atoms with E-state index in [-0.39, 0.29) is 22.8 Å². The number of rotatable bonds is 8. The van der Waals surface area contributed by atoms with E-state index in [0.29, 0.717) is 46.7 Å². The van der Waals surface area contributed by atoms with Gasteiger partial charge in [-0.05, 0) is 185 Å². The average molecular weight is 605 g/mol. The van der Waals surface area contributed by atoms with Gasteiger partial charge in [0.15, 0.2) is 0 Å². The molecule has 0 amide bonds. The number of esters is 2. The summed E-state index contributed by atoms with van der Waals surface area (Å²) in [4.78, 5) is 28.0. The van der Waals surface area contributed by atoms with Crippen LogP contribution in [0.4, 0.5) is 0 Å². The Hall–Kier alpha value is -1.06. The summed E-state index contributed by atoms with van der Waals surface area (Å²) >= 11 is 0. The number of hydrogen-bond donors (Lipinski definition) is 0. The van der Waals surface area contributed by atoms with Crippen LogP contribution in [0.15, 0.2) is 0 Å². The SMILES string of the molecule is CC(C)COC(=O)C12CC3CC(C1)CC(C14CC5CC(C1)CC(C16CC7CC(CC(C(=O)OCC(C)C)(C7)C1)C6)(C5)C4)(C3)C2. The molecule has 244 valence electrons. The van der Waals surface area contributed by atoms with E-state index in [4.69, 9.17) is 9.47 Å². The lowest BCUT2D eigenvalue weighted by molar-refractivity contribution is -0.282. The molecule has 0 radical (unpaired) electrons. The van der Waals surface area contributed by atoms with Crippen LogP contribution < -0.4 is 0 Å². The first kappa shape index (κ1) is 29.1. The molecule has 0 aromatic carbocycles. The van der Waals surface area contributed by atoms with Crippen molar-refractivity contribution < 1.29 is 19.1 Å². The molecule has 12 fully saturated rings. The zero-order chi connectivity index (χ0) is 30.3. The minimum absolute atomic E-state index is 0.173. The van der Waals surface area contributed by atoms with Crippen LogP contribution in [0.3, 0.4) is 0 Å². The Labute approximate surface area is 266 Å². The molecule has 0 aromatic rings. The Morgan fingerprint density at radius 3 is 1.05 bits per heavy atom. The Kier molecular flexibility index (Phi) is 6.15. The third kappa shape index (κ3) is 3.93. The maximum Gasteiger partial charge on any atom is 0.312 e.